The number of thioether (sulfide) groups is 1. The number of rotatable bonds is 4. The summed E-state index contributed by atoms with van der Waals surface area (Å²) < 4.78 is 28.0. The van der Waals surface area contributed by atoms with Gasteiger partial charge < -0.3 is 4.90 Å². The largest absolute Gasteiger partial charge is 0.340 e. The van der Waals surface area contributed by atoms with Gasteiger partial charge in [0.05, 0.1) is 0 Å². The Labute approximate surface area is 132 Å². The van der Waals surface area contributed by atoms with Gasteiger partial charge in [0.2, 0.25) is 5.91 Å². The number of hydrogen-bond acceptors (Lipinski definition) is 4. The molecule has 2 heterocycles. The van der Waals surface area contributed by atoms with Crippen molar-refractivity contribution in [3.8, 4) is 0 Å². The second-order valence-electron chi connectivity index (χ2n) is 5.82. The van der Waals surface area contributed by atoms with Crippen LogP contribution in [0.3, 0.4) is 0 Å². The second kappa shape index (κ2) is 6.85. The normalized spacial score (nSPS) is 25.0. The first-order valence-corrected chi connectivity index (χ1v) is 10.0. The average molecular weight is 335 g/mol. The molecule has 1 atom stereocenters. The lowest BCUT2D eigenvalue weighted by Crippen LogP contribution is -2.53. The highest BCUT2D eigenvalue weighted by atomic mass is 32.2. The summed E-state index contributed by atoms with van der Waals surface area (Å²) in [4.78, 5) is 14.5. The molecule has 0 unspecified atom stereocenters. The maximum Gasteiger partial charge on any atom is 0.282 e. The molecule has 2 fully saturated rings. The summed E-state index contributed by atoms with van der Waals surface area (Å²) in [5.41, 5.74) is 0. The number of carbonyl (C=O) groups is 1. The van der Waals surface area contributed by atoms with E-state index in [-0.39, 0.29) is 11.9 Å². The van der Waals surface area contributed by atoms with E-state index >= 15 is 0 Å². The van der Waals surface area contributed by atoms with Crippen LogP contribution in [0.2, 0.25) is 0 Å². The topological polar surface area (TPSA) is 60.9 Å². The van der Waals surface area contributed by atoms with E-state index in [1.54, 1.807) is 7.05 Å². The van der Waals surface area contributed by atoms with Gasteiger partial charge in [-0.3, -0.25) is 4.79 Å². The molecule has 8 heteroatoms. The molecule has 6 nitrogen and oxygen atoms in total. The van der Waals surface area contributed by atoms with Crippen LogP contribution in [0, 0.1) is 0 Å². The maximum atomic E-state index is 12.6. The van der Waals surface area contributed by atoms with E-state index in [0.717, 1.165) is 31.0 Å². The third kappa shape index (κ3) is 3.55. The van der Waals surface area contributed by atoms with Crippen molar-refractivity contribution < 1.29 is 13.2 Å². The Morgan fingerprint density at radius 1 is 1.24 bits per heavy atom. The van der Waals surface area contributed by atoms with E-state index in [1.165, 1.54) is 8.61 Å². The van der Waals surface area contributed by atoms with Crippen LogP contribution in [0.4, 0.5) is 0 Å². The first-order valence-electron chi connectivity index (χ1n) is 7.47. The van der Waals surface area contributed by atoms with Crippen LogP contribution in [-0.4, -0.2) is 78.1 Å². The molecule has 2 rings (SSSR count). The van der Waals surface area contributed by atoms with Gasteiger partial charge in [-0.2, -0.15) is 28.8 Å². The van der Waals surface area contributed by atoms with Gasteiger partial charge in [0.15, 0.2) is 0 Å². The van der Waals surface area contributed by atoms with Crippen molar-refractivity contribution in [3.05, 3.63) is 0 Å². The molecule has 2 aliphatic heterocycles. The van der Waals surface area contributed by atoms with E-state index in [1.807, 2.05) is 30.5 Å². The first-order chi connectivity index (χ1) is 9.85. The average Bonchev–Trinajstić information content (AvgIpc) is 2.96. The van der Waals surface area contributed by atoms with E-state index in [2.05, 4.69) is 0 Å². The third-order valence-electron chi connectivity index (χ3n) is 4.20. The molecular formula is C13H25N3O3S2. The summed E-state index contributed by atoms with van der Waals surface area (Å²) in [6.45, 7) is 5.58. The monoisotopic (exact) mass is 335 g/mol. The van der Waals surface area contributed by atoms with Crippen LogP contribution in [0.15, 0.2) is 0 Å². The molecule has 2 saturated heterocycles. The summed E-state index contributed by atoms with van der Waals surface area (Å²) in [6, 6.07) is -0.628. The van der Waals surface area contributed by atoms with Gasteiger partial charge in [-0.1, -0.05) is 0 Å². The molecule has 2 aliphatic rings. The van der Waals surface area contributed by atoms with Crippen LogP contribution in [0.1, 0.15) is 26.7 Å². The fraction of sp³-hybridized carbons (Fsp3) is 0.923. The Kier molecular flexibility index (Phi) is 5.56. The molecule has 0 aromatic heterocycles. The summed E-state index contributed by atoms with van der Waals surface area (Å²) in [7, 11) is -1.98. The van der Waals surface area contributed by atoms with Crippen LogP contribution >= 0.6 is 11.8 Å². The predicted octanol–water partition coefficient (Wildman–Crippen LogP) is 0.611. The van der Waals surface area contributed by atoms with Crippen LogP contribution in [0.25, 0.3) is 0 Å². The Hall–Kier alpha value is -0.310. The molecule has 0 aromatic rings. The maximum absolute atomic E-state index is 12.6. The fourth-order valence-electron chi connectivity index (χ4n) is 2.69. The van der Waals surface area contributed by atoms with Crippen molar-refractivity contribution in [2.75, 3.05) is 38.2 Å². The molecule has 122 valence electrons. The summed E-state index contributed by atoms with van der Waals surface area (Å²) >= 11 is 1.84. The van der Waals surface area contributed by atoms with E-state index in [9.17, 15) is 13.2 Å². The highest BCUT2D eigenvalue weighted by molar-refractivity contribution is 7.99. The predicted molar refractivity (Wildman–Crippen MR) is 85.5 cm³/mol. The summed E-state index contributed by atoms with van der Waals surface area (Å²) in [6.07, 6.45) is 1.39. The van der Waals surface area contributed by atoms with Crippen LogP contribution in [0.5, 0.6) is 0 Å². The van der Waals surface area contributed by atoms with Gasteiger partial charge in [-0.05, 0) is 26.7 Å². The minimum absolute atomic E-state index is 0.0199. The zero-order valence-electron chi connectivity index (χ0n) is 13.0. The van der Waals surface area contributed by atoms with E-state index in [4.69, 9.17) is 0 Å². The summed E-state index contributed by atoms with van der Waals surface area (Å²) in [5, 5.41) is 0. The Morgan fingerprint density at radius 2 is 1.86 bits per heavy atom. The zero-order valence-corrected chi connectivity index (χ0v) is 14.6. The number of hydrogen-bond donors (Lipinski definition) is 0. The lowest BCUT2D eigenvalue weighted by molar-refractivity contribution is -0.134. The van der Waals surface area contributed by atoms with Crippen molar-refractivity contribution >= 4 is 27.9 Å². The molecule has 0 aromatic carbocycles. The molecule has 0 saturated carbocycles. The highest BCUT2D eigenvalue weighted by Gasteiger charge is 2.42. The van der Waals surface area contributed by atoms with Gasteiger partial charge >= 0.3 is 0 Å². The fourth-order valence-corrected chi connectivity index (χ4v) is 5.33. The van der Waals surface area contributed by atoms with Crippen molar-refractivity contribution in [2.45, 2.75) is 38.8 Å². The highest BCUT2D eigenvalue weighted by Crippen LogP contribution is 2.26. The summed E-state index contributed by atoms with van der Waals surface area (Å²) in [5.74, 6) is 1.86. The SMILES string of the molecule is CC(C)N(C)S(=O)(=O)N1CCC[C@@H]1C(=O)N1CCSCC1. The Bertz CT molecular complexity index is 475. The van der Waals surface area contributed by atoms with Gasteiger partial charge in [-0.15, -0.1) is 0 Å². The number of nitrogens with zero attached hydrogens (tertiary/aromatic N) is 3. The smallest absolute Gasteiger partial charge is 0.282 e. The lowest BCUT2D eigenvalue weighted by atomic mass is 10.2. The van der Waals surface area contributed by atoms with Gasteiger partial charge in [0, 0.05) is 44.2 Å². The zero-order chi connectivity index (χ0) is 15.6. The van der Waals surface area contributed by atoms with Gasteiger partial charge in [0.1, 0.15) is 6.04 Å². The molecule has 21 heavy (non-hydrogen) atoms. The van der Waals surface area contributed by atoms with E-state index in [0.29, 0.717) is 13.0 Å². The third-order valence-corrected chi connectivity index (χ3v) is 7.32. The minimum Gasteiger partial charge on any atom is -0.340 e. The van der Waals surface area contributed by atoms with Crippen LogP contribution < -0.4 is 0 Å². The van der Waals surface area contributed by atoms with Crippen molar-refractivity contribution in [3.63, 3.8) is 0 Å². The lowest BCUT2D eigenvalue weighted by Gasteiger charge is -2.34. The number of carbonyl (C=O) groups excluding carboxylic acids is 1. The molecular weight excluding hydrogens is 310 g/mol. The van der Waals surface area contributed by atoms with Crippen LogP contribution in [-0.2, 0) is 15.0 Å². The Morgan fingerprint density at radius 3 is 2.43 bits per heavy atom. The second-order valence-corrected chi connectivity index (χ2v) is 8.99. The van der Waals surface area contributed by atoms with E-state index < -0.39 is 16.3 Å². The van der Waals surface area contributed by atoms with Gasteiger partial charge in [0.25, 0.3) is 10.2 Å². The molecule has 0 aliphatic carbocycles. The van der Waals surface area contributed by atoms with Crippen molar-refractivity contribution in [1.29, 1.82) is 0 Å². The van der Waals surface area contributed by atoms with Gasteiger partial charge in [-0.25, -0.2) is 0 Å². The van der Waals surface area contributed by atoms with Crippen molar-refractivity contribution in [2.24, 2.45) is 0 Å². The molecule has 0 radical (unpaired) electrons. The molecule has 1 amide bonds. The molecule has 0 N–H and O–H groups in total. The first kappa shape index (κ1) is 17.1. The standard InChI is InChI=1S/C13H25N3O3S2/c1-11(2)14(3)21(18,19)16-6-4-5-12(16)13(17)15-7-9-20-10-8-15/h11-12H,4-10H2,1-3H3/t12-/m1/s1. The number of amides is 1. The van der Waals surface area contributed by atoms with Crippen molar-refractivity contribution in [1.82, 2.24) is 13.5 Å². The molecule has 0 spiro atoms. The minimum atomic E-state index is -3.56. The quantitative estimate of drug-likeness (QED) is 0.755. The Balaban J connectivity index is 2.14. The molecule has 0 bridgehead atoms.